The Labute approximate surface area is 117 Å². The third-order valence-electron chi connectivity index (χ3n) is 2.13. The molecule has 0 aliphatic heterocycles. The quantitative estimate of drug-likeness (QED) is 0.775. The lowest BCUT2D eigenvalue weighted by Crippen LogP contribution is -2.28. The van der Waals surface area contributed by atoms with E-state index in [0.29, 0.717) is 0 Å². The van der Waals surface area contributed by atoms with Crippen LogP contribution in [0.25, 0.3) is 0 Å². The minimum absolute atomic E-state index is 0.0514. The highest BCUT2D eigenvalue weighted by Crippen LogP contribution is 2.19. The summed E-state index contributed by atoms with van der Waals surface area (Å²) in [5, 5.41) is 6.98. The van der Waals surface area contributed by atoms with Gasteiger partial charge in [0.1, 0.15) is 17.2 Å². The molecule has 106 valence electrons. The first-order valence-corrected chi connectivity index (χ1v) is 7.65. The van der Waals surface area contributed by atoms with Crippen LogP contribution < -0.4 is 10.5 Å². The maximum Gasteiger partial charge on any atom is 0.257 e. The Morgan fingerprint density at radius 3 is 2.32 bits per heavy atom. The van der Waals surface area contributed by atoms with Gasteiger partial charge in [0.25, 0.3) is 5.91 Å². The number of benzene rings is 1. The fourth-order valence-corrected chi connectivity index (χ4v) is 2.27. The molecule has 0 atom stereocenters. The first-order chi connectivity index (χ1) is 8.70. The smallest absolute Gasteiger partial charge is 0.257 e. The topological polar surface area (TPSA) is 89.3 Å². The zero-order valence-corrected chi connectivity index (χ0v) is 12.0. The summed E-state index contributed by atoms with van der Waals surface area (Å²) in [6.07, 6.45) is 0.0599. The molecule has 0 radical (unpaired) electrons. The normalized spacial score (nSPS) is 11.4. The summed E-state index contributed by atoms with van der Waals surface area (Å²) in [6, 6.07) is 1.92. The van der Waals surface area contributed by atoms with Crippen molar-refractivity contribution in [3.8, 4) is 0 Å². The number of nitrogens with one attached hydrogen (secondary N) is 1. The van der Waals surface area contributed by atoms with E-state index in [1.54, 1.807) is 0 Å². The fraction of sp³-hybridized carbons (Fsp3) is 0.300. The molecular formula is C10H11BrF2N2O3S. The Bertz CT molecular complexity index is 569. The van der Waals surface area contributed by atoms with Crippen LogP contribution in [0.15, 0.2) is 16.6 Å². The van der Waals surface area contributed by atoms with Gasteiger partial charge in [-0.2, -0.15) is 0 Å². The van der Waals surface area contributed by atoms with E-state index in [1.807, 2.05) is 0 Å². The van der Waals surface area contributed by atoms with Gasteiger partial charge in [-0.05, 0) is 18.6 Å². The molecule has 1 aromatic carbocycles. The van der Waals surface area contributed by atoms with Crippen LogP contribution in [0.1, 0.15) is 16.8 Å². The Morgan fingerprint density at radius 1 is 1.32 bits per heavy atom. The molecule has 0 unspecified atom stereocenters. The zero-order chi connectivity index (χ0) is 14.6. The van der Waals surface area contributed by atoms with Gasteiger partial charge in [-0.25, -0.2) is 22.3 Å². The van der Waals surface area contributed by atoms with Crippen molar-refractivity contribution in [2.45, 2.75) is 6.42 Å². The summed E-state index contributed by atoms with van der Waals surface area (Å²) in [4.78, 5) is 11.5. The highest BCUT2D eigenvalue weighted by Gasteiger charge is 2.18. The molecule has 1 amide bonds. The van der Waals surface area contributed by atoms with Crippen molar-refractivity contribution in [2.24, 2.45) is 5.14 Å². The molecule has 0 bridgehead atoms. The molecule has 0 aliphatic rings. The maximum atomic E-state index is 13.4. The number of amides is 1. The van der Waals surface area contributed by atoms with Crippen LogP contribution in [0.4, 0.5) is 8.78 Å². The fourth-order valence-electron chi connectivity index (χ4n) is 1.32. The second-order valence-electron chi connectivity index (χ2n) is 3.72. The van der Waals surface area contributed by atoms with Crippen LogP contribution in [-0.4, -0.2) is 26.6 Å². The number of rotatable bonds is 5. The molecule has 0 saturated heterocycles. The number of primary sulfonamides is 1. The lowest BCUT2D eigenvalue weighted by atomic mass is 10.2. The van der Waals surface area contributed by atoms with E-state index in [9.17, 15) is 22.0 Å². The van der Waals surface area contributed by atoms with Crippen molar-refractivity contribution in [3.63, 3.8) is 0 Å². The molecule has 19 heavy (non-hydrogen) atoms. The molecule has 5 nitrogen and oxygen atoms in total. The maximum absolute atomic E-state index is 13.4. The van der Waals surface area contributed by atoms with Crippen molar-refractivity contribution < 1.29 is 22.0 Å². The van der Waals surface area contributed by atoms with E-state index in [1.165, 1.54) is 0 Å². The van der Waals surface area contributed by atoms with Gasteiger partial charge in [-0.15, -0.1) is 0 Å². The molecule has 0 aromatic heterocycles. The average Bonchev–Trinajstić information content (AvgIpc) is 2.21. The van der Waals surface area contributed by atoms with Gasteiger partial charge in [0, 0.05) is 11.0 Å². The van der Waals surface area contributed by atoms with Crippen molar-refractivity contribution in [1.29, 1.82) is 0 Å². The molecule has 1 rings (SSSR count). The van der Waals surface area contributed by atoms with E-state index in [2.05, 4.69) is 21.2 Å². The van der Waals surface area contributed by atoms with Gasteiger partial charge < -0.3 is 5.32 Å². The monoisotopic (exact) mass is 356 g/mol. The zero-order valence-electron chi connectivity index (χ0n) is 9.62. The van der Waals surface area contributed by atoms with E-state index in [4.69, 9.17) is 5.14 Å². The molecule has 0 aliphatic carbocycles. The number of carbonyl (C=O) groups excluding carboxylic acids is 1. The van der Waals surface area contributed by atoms with Crippen LogP contribution in [-0.2, 0) is 10.0 Å². The van der Waals surface area contributed by atoms with Gasteiger partial charge >= 0.3 is 0 Å². The van der Waals surface area contributed by atoms with Crippen LogP contribution in [0.3, 0.4) is 0 Å². The molecule has 0 spiro atoms. The van der Waals surface area contributed by atoms with Gasteiger partial charge in [0.05, 0.1) is 5.75 Å². The Kier molecular flexibility index (Phi) is 5.39. The Balaban J connectivity index is 2.65. The van der Waals surface area contributed by atoms with Crippen molar-refractivity contribution in [3.05, 3.63) is 33.8 Å². The summed E-state index contributed by atoms with van der Waals surface area (Å²) in [5.74, 6) is -3.28. The molecule has 3 N–H and O–H groups in total. The minimum Gasteiger partial charge on any atom is -0.352 e. The standard InChI is InChI=1S/C10H11BrF2N2O3S/c11-6-4-7(12)9(8(13)5-6)10(16)15-2-1-3-19(14,17)18/h4-5H,1-3H2,(H,15,16)(H2,14,17,18). The predicted molar refractivity (Wildman–Crippen MR) is 69.0 cm³/mol. The van der Waals surface area contributed by atoms with E-state index in [-0.39, 0.29) is 23.2 Å². The van der Waals surface area contributed by atoms with Gasteiger partial charge in [0.2, 0.25) is 10.0 Å². The highest BCUT2D eigenvalue weighted by molar-refractivity contribution is 9.10. The van der Waals surface area contributed by atoms with Gasteiger partial charge in [-0.1, -0.05) is 15.9 Å². The second kappa shape index (κ2) is 6.40. The predicted octanol–water partition coefficient (Wildman–Crippen LogP) is 1.14. The van der Waals surface area contributed by atoms with Crippen molar-refractivity contribution >= 4 is 31.9 Å². The van der Waals surface area contributed by atoms with Crippen LogP contribution in [0, 0.1) is 11.6 Å². The second-order valence-corrected chi connectivity index (χ2v) is 6.37. The summed E-state index contributed by atoms with van der Waals surface area (Å²) >= 11 is 2.89. The Morgan fingerprint density at radius 2 is 1.84 bits per heavy atom. The number of nitrogens with two attached hydrogens (primary N) is 1. The Hall–Kier alpha value is -1.06. The number of hydrogen-bond donors (Lipinski definition) is 2. The van der Waals surface area contributed by atoms with Gasteiger partial charge in [-0.3, -0.25) is 4.79 Å². The van der Waals surface area contributed by atoms with Crippen LogP contribution in [0.2, 0.25) is 0 Å². The number of halogens is 3. The summed E-state index contributed by atoms with van der Waals surface area (Å²) in [5.41, 5.74) is -0.709. The molecular weight excluding hydrogens is 346 g/mol. The molecule has 0 heterocycles. The summed E-state index contributed by atoms with van der Waals surface area (Å²) in [7, 11) is -3.61. The van der Waals surface area contributed by atoms with E-state index < -0.39 is 33.1 Å². The van der Waals surface area contributed by atoms with Crippen molar-refractivity contribution in [1.82, 2.24) is 5.32 Å². The third kappa shape index (κ3) is 5.21. The molecule has 0 saturated carbocycles. The number of sulfonamides is 1. The van der Waals surface area contributed by atoms with Crippen LogP contribution >= 0.6 is 15.9 Å². The highest BCUT2D eigenvalue weighted by atomic mass is 79.9. The number of hydrogen-bond acceptors (Lipinski definition) is 3. The van der Waals surface area contributed by atoms with Crippen LogP contribution in [0.5, 0.6) is 0 Å². The molecule has 9 heteroatoms. The average molecular weight is 357 g/mol. The SMILES string of the molecule is NS(=O)(=O)CCCNC(=O)c1c(F)cc(Br)cc1F. The van der Waals surface area contributed by atoms with E-state index >= 15 is 0 Å². The van der Waals surface area contributed by atoms with E-state index in [0.717, 1.165) is 12.1 Å². The lowest BCUT2D eigenvalue weighted by Gasteiger charge is -2.07. The summed E-state index contributed by atoms with van der Waals surface area (Å²) in [6.45, 7) is -0.0514. The first-order valence-electron chi connectivity index (χ1n) is 5.14. The molecule has 1 aromatic rings. The summed E-state index contributed by atoms with van der Waals surface area (Å²) < 4.78 is 48.3. The minimum atomic E-state index is -3.61. The lowest BCUT2D eigenvalue weighted by molar-refractivity contribution is 0.0945. The third-order valence-corrected chi connectivity index (χ3v) is 3.44. The first kappa shape index (κ1) is 16.0. The largest absolute Gasteiger partial charge is 0.352 e. The number of carbonyl (C=O) groups is 1. The van der Waals surface area contributed by atoms with Gasteiger partial charge in [0.15, 0.2) is 0 Å². The molecule has 0 fully saturated rings. The van der Waals surface area contributed by atoms with Crippen molar-refractivity contribution in [2.75, 3.05) is 12.3 Å².